The van der Waals surface area contributed by atoms with Gasteiger partial charge < -0.3 is 14.9 Å². The van der Waals surface area contributed by atoms with Gasteiger partial charge in [-0.05, 0) is 18.9 Å². The Morgan fingerprint density at radius 2 is 2.08 bits per heavy atom. The number of thioether (sulfide) groups is 1. The summed E-state index contributed by atoms with van der Waals surface area (Å²) in [6.07, 6.45) is 7.89. The molecular formula is C19H23N5OS. The van der Waals surface area contributed by atoms with Gasteiger partial charge in [0.05, 0.1) is 5.75 Å². The summed E-state index contributed by atoms with van der Waals surface area (Å²) in [4.78, 5) is 15.5. The van der Waals surface area contributed by atoms with E-state index in [2.05, 4.69) is 26.6 Å². The second-order valence-electron chi connectivity index (χ2n) is 6.80. The SMILES string of the molecule is Cn1c(SCC(=O)NC2CCCCC2)nnc1-c1c[nH]c2ccccc12. The molecular weight excluding hydrogens is 346 g/mol. The van der Waals surface area contributed by atoms with E-state index in [1.165, 1.54) is 31.0 Å². The molecule has 0 atom stereocenters. The highest BCUT2D eigenvalue weighted by atomic mass is 32.2. The first-order chi connectivity index (χ1) is 12.7. The molecule has 1 aliphatic rings. The number of carbonyl (C=O) groups excluding carboxylic acids is 1. The third-order valence-electron chi connectivity index (χ3n) is 4.97. The average molecular weight is 369 g/mol. The molecule has 1 amide bonds. The lowest BCUT2D eigenvalue weighted by Gasteiger charge is -2.22. The van der Waals surface area contributed by atoms with Crippen molar-refractivity contribution in [2.24, 2.45) is 7.05 Å². The molecule has 26 heavy (non-hydrogen) atoms. The van der Waals surface area contributed by atoms with Crippen LogP contribution in [0.2, 0.25) is 0 Å². The number of nitrogens with one attached hydrogen (secondary N) is 2. The Morgan fingerprint density at radius 1 is 1.27 bits per heavy atom. The Labute approximate surface area is 156 Å². The van der Waals surface area contributed by atoms with E-state index in [1.54, 1.807) is 0 Å². The molecule has 2 N–H and O–H groups in total. The van der Waals surface area contributed by atoms with Gasteiger partial charge in [0.2, 0.25) is 5.91 Å². The van der Waals surface area contributed by atoms with Crippen LogP contribution in [0.25, 0.3) is 22.3 Å². The number of carbonyl (C=O) groups is 1. The Morgan fingerprint density at radius 3 is 2.92 bits per heavy atom. The van der Waals surface area contributed by atoms with Gasteiger partial charge in [0, 0.05) is 35.8 Å². The minimum absolute atomic E-state index is 0.0820. The molecule has 2 heterocycles. The van der Waals surface area contributed by atoms with Crippen molar-refractivity contribution >= 4 is 28.6 Å². The van der Waals surface area contributed by atoms with E-state index in [0.717, 1.165) is 40.3 Å². The number of aromatic amines is 1. The van der Waals surface area contributed by atoms with Crippen LogP contribution in [0.1, 0.15) is 32.1 Å². The third kappa shape index (κ3) is 3.49. The Hall–Kier alpha value is -2.28. The summed E-state index contributed by atoms with van der Waals surface area (Å²) < 4.78 is 1.95. The fourth-order valence-electron chi connectivity index (χ4n) is 3.58. The summed E-state index contributed by atoms with van der Waals surface area (Å²) in [6.45, 7) is 0. The maximum Gasteiger partial charge on any atom is 0.230 e. The van der Waals surface area contributed by atoms with Gasteiger partial charge in [0.15, 0.2) is 11.0 Å². The molecule has 136 valence electrons. The van der Waals surface area contributed by atoms with Crippen molar-refractivity contribution in [1.29, 1.82) is 0 Å². The lowest BCUT2D eigenvalue weighted by molar-refractivity contribution is -0.119. The second kappa shape index (κ2) is 7.53. The molecule has 4 rings (SSSR count). The second-order valence-corrected chi connectivity index (χ2v) is 7.75. The molecule has 3 aromatic rings. The van der Waals surface area contributed by atoms with E-state index in [1.807, 2.05) is 36.0 Å². The maximum absolute atomic E-state index is 12.2. The number of H-pyrrole nitrogens is 1. The van der Waals surface area contributed by atoms with E-state index in [9.17, 15) is 4.79 Å². The maximum atomic E-state index is 12.2. The topological polar surface area (TPSA) is 75.6 Å². The van der Waals surface area contributed by atoms with Crippen molar-refractivity contribution in [3.05, 3.63) is 30.5 Å². The summed E-state index contributed by atoms with van der Waals surface area (Å²) >= 11 is 1.43. The van der Waals surface area contributed by atoms with Crippen molar-refractivity contribution in [1.82, 2.24) is 25.1 Å². The van der Waals surface area contributed by atoms with E-state index in [0.29, 0.717) is 11.8 Å². The number of rotatable bonds is 5. The van der Waals surface area contributed by atoms with Crippen LogP contribution in [0.3, 0.4) is 0 Å². The molecule has 1 fully saturated rings. The van der Waals surface area contributed by atoms with Crippen molar-refractivity contribution in [2.45, 2.75) is 43.3 Å². The van der Waals surface area contributed by atoms with E-state index in [-0.39, 0.29) is 5.91 Å². The summed E-state index contributed by atoms with van der Waals surface area (Å²) in [5.74, 6) is 1.26. The highest BCUT2D eigenvalue weighted by Gasteiger charge is 2.18. The quantitative estimate of drug-likeness (QED) is 0.675. The molecule has 0 radical (unpaired) electrons. The molecule has 0 bridgehead atoms. The number of nitrogens with zero attached hydrogens (tertiary/aromatic N) is 3. The molecule has 7 heteroatoms. The molecule has 1 saturated carbocycles. The van der Waals surface area contributed by atoms with Gasteiger partial charge in [0.1, 0.15) is 0 Å². The number of aromatic nitrogens is 4. The molecule has 0 aliphatic heterocycles. The highest BCUT2D eigenvalue weighted by Crippen LogP contribution is 2.29. The summed E-state index contributed by atoms with van der Waals surface area (Å²) in [5.41, 5.74) is 2.10. The molecule has 6 nitrogen and oxygen atoms in total. The molecule has 1 aliphatic carbocycles. The monoisotopic (exact) mass is 369 g/mol. The largest absolute Gasteiger partial charge is 0.360 e. The minimum Gasteiger partial charge on any atom is -0.360 e. The summed E-state index contributed by atoms with van der Waals surface area (Å²) in [5, 5.41) is 13.6. The smallest absolute Gasteiger partial charge is 0.230 e. The molecule has 0 saturated heterocycles. The van der Waals surface area contributed by atoms with Gasteiger partial charge in [-0.25, -0.2) is 0 Å². The number of benzene rings is 1. The number of fused-ring (bicyclic) bond motifs is 1. The van der Waals surface area contributed by atoms with Crippen LogP contribution in [-0.4, -0.2) is 37.5 Å². The van der Waals surface area contributed by atoms with Gasteiger partial charge in [-0.15, -0.1) is 10.2 Å². The number of para-hydroxylation sites is 1. The zero-order valence-corrected chi connectivity index (χ0v) is 15.7. The molecule has 1 aromatic carbocycles. The van der Waals surface area contributed by atoms with Crippen LogP contribution in [0.4, 0.5) is 0 Å². The van der Waals surface area contributed by atoms with Gasteiger partial charge in [-0.3, -0.25) is 4.79 Å². The number of hydrogen-bond donors (Lipinski definition) is 2. The molecule has 0 unspecified atom stereocenters. The zero-order valence-electron chi connectivity index (χ0n) is 14.9. The van der Waals surface area contributed by atoms with Crippen LogP contribution in [-0.2, 0) is 11.8 Å². The van der Waals surface area contributed by atoms with Crippen LogP contribution in [0.15, 0.2) is 35.6 Å². The van der Waals surface area contributed by atoms with E-state index < -0.39 is 0 Å². The summed E-state index contributed by atoms with van der Waals surface area (Å²) in [7, 11) is 1.94. The Kier molecular flexibility index (Phi) is 4.97. The van der Waals surface area contributed by atoms with Crippen molar-refractivity contribution in [3.63, 3.8) is 0 Å². The lowest BCUT2D eigenvalue weighted by atomic mass is 9.95. The average Bonchev–Trinajstić information content (AvgIpc) is 3.24. The fourth-order valence-corrected chi connectivity index (χ4v) is 4.30. The first kappa shape index (κ1) is 17.1. The van der Waals surface area contributed by atoms with Crippen LogP contribution in [0, 0.1) is 0 Å². The fraction of sp³-hybridized carbons (Fsp3) is 0.421. The highest BCUT2D eigenvalue weighted by molar-refractivity contribution is 7.99. The number of hydrogen-bond acceptors (Lipinski definition) is 4. The van der Waals surface area contributed by atoms with Crippen molar-refractivity contribution < 1.29 is 4.79 Å². The van der Waals surface area contributed by atoms with E-state index in [4.69, 9.17) is 0 Å². The van der Waals surface area contributed by atoms with Gasteiger partial charge in [-0.2, -0.15) is 0 Å². The number of amides is 1. The third-order valence-corrected chi connectivity index (χ3v) is 5.99. The van der Waals surface area contributed by atoms with Crippen LogP contribution < -0.4 is 5.32 Å². The molecule has 2 aromatic heterocycles. The summed E-state index contributed by atoms with van der Waals surface area (Å²) in [6, 6.07) is 8.48. The van der Waals surface area contributed by atoms with Crippen molar-refractivity contribution in [2.75, 3.05) is 5.75 Å². The normalized spacial score (nSPS) is 15.4. The lowest BCUT2D eigenvalue weighted by Crippen LogP contribution is -2.37. The first-order valence-electron chi connectivity index (χ1n) is 9.10. The predicted molar refractivity (Wildman–Crippen MR) is 104 cm³/mol. The standard InChI is InChI=1S/C19H23N5OS/c1-24-18(15-11-20-16-10-6-5-9-14(15)16)22-23-19(24)26-12-17(25)21-13-7-3-2-4-8-13/h5-6,9-11,13,20H,2-4,7-8,12H2,1H3,(H,21,25). The van der Waals surface area contributed by atoms with Gasteiger partial charge in [-0.1, -0.05) is 49.2 Å². The predicted octanol–water partition coefficient (Wildman–Crippen LogP) is 3.50. The van der Waals surface area contributed by atoms with Crippen LogP contribution in [0.5, 0.6) is 0 Å². The minimum atomic E-state index is 0.0820. The first-order valence-corrected chi connectivity index (χ1v) is 10.1. The van der Waals surface area contributed by atoms with Crippen LogP contribution >= 0.6 is 11.8 Å². The Balaban J connectivity index is 1.43. The van der Waals surface area contributed by atoms with Crippen molar-refractivity contribution in [3.8, 4) is 11.4 Å². The van der Waals surface area contributed by atoms with E-state index >= 15 is 0 Å². The van der Waals surface area contributed by atoms with Gasteiger partial charge in [0.25, 0.3) is 0 Å². The molecule has 0 spiro atoms. The Bertz CT molecular complexity index is 910. The zero-order chi connectivity index (χ0) is 17.9. The van der Waals surface area contributed by atoms with Gasteiger partial charge >= 0.3 is 0 Å².